The van der Waals surface area contributed by atoms with Crippen molar-refractivity contribution in [3.05, 3.63) is 31.0 Å². The molecular formula is C13H19N5O2S. The molecule has 1 fully saturated rings. The zero-order valence-electron chi connectivity index (χ0n) is 12.1. The molecule has 114 valence electrons. The summed E-state index contributed by atoms with van der Waals surface area (Å²) in [5, 5.41) is 4.31. The number of aromatic nitrogens is 4. The van der Waals surface area contributed by atoms with Gasteiger partial charge in [-0.25, -0.2) is 13.4 Å². The normalized spacial score (nSPS) is 20.4. The van der Waals surface area contributed by atoms with E-state index in [1.807, 2.05) is 30.8 Å². The number of sulfonamides is 1. The molecule has 0 aliphatic carbocycles. The zero-order chi connectivity index (χ0) is 15.0. The quantitative estimate of drug-likeness (QED) is 0.853. The Bertz CT molecular complexity index is 705. The van der Waals surface area contributed by atoms with Gasteiger partial charge in [-0.05, 0) is 26.3 Å². The average Bonchev–Trinajstić information content (AvgIpc) is 3.19. The van der Waals surface area contributed by atoms with E-state index in [0.717, 1.165) is 6.42 Å². The minimum Gasteiger partial charge on any atom is -0.334 e. The van der Waals surface area contributed by atoms with Gasteiger partial charge >= 0.3 is 0 Å². The highest BCUT2D eigenvalue weighted by molar-refractivity contribution is 7.89. The van der Waals surface area contributed by atoms with Crippen molar-refractivity contribution < 1.29 is 8.42 Å². The fraction of sp³-hybridized carbons (Fsp3) is 0.538. The molecule has 7 nitrogen and oxygen atoms in total. The monoisotopic (exact) mass is 309 g/mol. The van der Waals surface area contributed by atoms with Gasteiger partial charge in [-0.3, -0.25) is 4.68 Å². The zero-order valence-corrected chi connectivity index (χ0v) is 12.9. The fourth-order valence-electron chi connectivity index (χ4n) is 2.51. The lowest BCUT2D eigenvalue weighted by Gasteiger charge is -2.15. The number of hydrogen-bond donors (Lipinski definition) is 0. The average molecular weight is 309 g/mol. The number of hydrogen-bond acceptors (Lipinski definition) is 4. The van der Waals surface area contributed by atoms with Crippen molar-refractivity contribution in [1.82, 2.24) is 23.6 Å². The van der Waals surface area contributed by atoms with Gasteiger partial charge < -0.3 is 4.57 Å². The van der Waals surface area contributed by atoms with Gasteiger partial charge in [-0.15, -0.1) is 0 Å². The summed E-state index contributed by atoms with van der Waals surface area (Å²) in [6.45, 7) is 4.92. The molecule has 1 aliphatic heterocycles. The molecule has 0 spiro atoms. The first-order valence-electron chi connectivity index (χ1n) is 7.01. The van der Waals surface area contributed by atoms with Crippen LogP contribution >= 0.6 is 0 Å². The Kier molecular flexibility index (Phi) is 3.58. The minimum atomic E-state index is -3.52. The van der Waals surface area contributed by atoms with E-state index in [9.17, 15) is 8.42 Å². The fourth-order valence-corrected chi connectivity index (χ4v) is 3.92. The third kappa shape index (κ3) is 2.60. The van der Waals surface area contributed by atoms with Gasteiger partial charge in [0.2, 0.25) is 0 Å². The van der Waals surface area contributed by atoms with Crippen LogP contribution in [0.25, 0.3) is 0 Å². The molecule has 1 atom stereocenters. The van der Waals surface area contributed by atoms with Crippen molar-refractivity contribution in [2.45, 2.75) is 37.4 Å². The number of rotatable bonds is 4. The second-order valence-electron chi connectivity index (χ2n) is 5.54. The summed E-state index contributed by atoms with van der Waals surface area (Å²) in [6.07, 6.45) is 7.52. The van der Waals surface area contributed by atoms with Crippen LogP contribution in [0.4, 0.5) is 0 Å². The first-order chi connectivity index (χ1) is 9.98. The van der Waals surface area contributed by atoms with Gasteiger partial charge in [-0.2, -0.15) is 9.40 Å². The molecule has 0 radical (unpaired) electrons. The predicted octanol–water partition coefficient (Wildman–Crippen LogP) is 1.30. The molecule has 2 aromatic heterocycles. The topological polar surface area (TPSA) is 73.0 Å². The SMILES string of the molecule is CC(C)n1cnc(S(=O)(=O)N2CCC(n3cccn3)C2)c1. The van der Waals surface area contributed by atoms with Gasteiger partial charge in [0.05, 0.1) is 12.4 Å². The third-order valence-corrected chi connectivity index (χ3v) is 5.55. The van der Waals surface area contributed by atoms with Crippen LogP contribution in [0.5, 0.6) is 0 Å². The smallest absolute Gasteiger partial charge is 0.262 e. The molecule has 2 aromatic rings. The lowest BCUT2D eigenvalue weighted by Crippen LogP contribution is -2.29. The molecule has 1 unspecified atom stereocenters. The maximum atomic E-state index is 12.6. The maximum Gasteiger partial charge on any atom is 0.262 e. The van der Waals surface area contributed by atoms with E-state index >= 15 is 0 Å². The van der Waals surface area contributed by atoms with Crippen LogP contribution in [0, 0.1) is 0 Å². The summed E-state index contributed by atoms with van der Waals surface area (Å²) in [4.78, 5) is 4.05. The van der Waals surface area contributed by atoms with Crippen LogP contribution in [-0.4, -0.2) is 45.1 Å². The molecule has 21 heavy (non-hydrogen) atoms. The van der Waals surface area contributed by atoms with E-state index in [2.05, 4.69) is 10.1 Å². The summed E-state index contributed by atoms with van der Waals surface area (Å²) < 4.78 is 30.3. The minimum absolute atomic E-state index is 0.0990. The Morgan fingerprint density at radius 1 is 1.38 bits per heavy atom. The van der Waals surface area contributed by atoms with Crippen molar-refractivity contribution in [2.75, 3.05) is 13.1 Å². The van der Waals surface area contributed by atoms with E-state index in [4.69, 9.17) is 0 Å². The Morgan fingerprint density at radius 3 is 2.81 bits per heavy atom. The van der Waals surface area contributed by atoms with Crippen molar-refractivity contribution >= 4 is 10.0 Å². The highest BCUT2D eigenvalue weighted by atomic mass is 32.2. The standard InChI is InChI=1S/C13H19N5O2S/c1-11(2)16-9-13(14-10-16)21(19,20)17-7-4-12(8-17)18-6-3-5-15-18/h3,5-6,9-12H,4,7-8H2,1-2H3. The summed E-state index contributed by atoms with van der Waals surface area (Å²) in [7, 11) is -3.52. The first kappa shape index (κ1) is 14.3. The maximum absolute atomic E-state index is 12.6. The highest BCUT2D eigenvalue weighted by Crippen LogP contribution is 2.26. The van der Waals surface area contributed by atoms with Crippen molar-refractivity contribution in [1.29, 1.82) is 0 Å². The van der Waals surface area contributed by atoms with Gasteiger partial charge in [0.1, 0.15) is 0 Å². The van der Waals surface area contributed by atoms with E-state index in [1.165, 1.54) is 4.31 Å². The van der Waals surface area contributed by atoms with Gasteiger partial charge in [0, 0.05) is 37.7 Å². The Morgan fingerprint density at radius 2 is 2.19 bits per heavy atom. The Balaban J connectivity index is 1.79. The lowest BCUT2D eigenvalue weighted by molar-refractivity contribution is 0.433. The van der Waals surface area contributed by atoms with E-state index in [1.54, 1.807) is 23.3 Å². The molecule has 0 aromatic carbocycles. The Hall–Kier alpha value is -1.67. The van der Waals surface area contributed by atoms with Crippen LogP contribution in [0.1, 0.15) is 32.4 Å². The molecule has 0 saturated carbocycles. The van der Waals surface area contributed by atoms with Crippen molar-refractivity contribution in [3.8, 4) is 0 Å². The van der Waals surface area contributed by atoms with Crippen LogP contribution < -0.4 is 0 Å². The predicted molar refractivity (Wildman–Crippen MR) is 77.3 cm³/mol. The van der Waals surface area contributed by atoms with Crippen molar-refractivity contribution in [2.24, 2.45) is 0 Å². The number of imidazole rings is 1. The van der Waals surface area contributed by atoms with Gasteiger partial charge in [0.25, 0.3) is 10.0 Å². The molecule has 0 amide bonds. The van der Waals surface area contributed by atoms with Crippen LogP contribution in [0.3, 0.4) is 0 Å². The molecule has 1 saturated heterocycles. The van der Waals surface area contributed by atoms with E-state index in [0.29, 0.717) is 13.1 Å². The second kappa shape index (κ2) is 5.27. The van der Waals surface area contributed by atoms with Crippen LogP contribution in [-0.2, 0) is 10.0 Å². The van der Waals surface area contributed by atoms with Gasteiger partial charge in [0.15, 0.2) is 5.03 Å². The summed E-state index contributed by atoms with van der Waals surface area (Å²) in [5.41, 5.74) is 0. The molecule has 0 bridgehead atoms. The van der Waals surface area contributed by atoms with Gasteiger partial charge in [-0.1, -0.05) is 0 Å². The largest absolute Gasteiger partial charge is 0.334 e. The molecule has 0 N–H and O–H groups in total. The van der Waals surface area contributed by atoms with E-state index < -0.39 is 10.0 Å². The molecule has 8 heteroatoms. The Labute approximate surface area is 124 Å². The van der Waals surface area contributed by atoms with Crippen LogP contribution in [0.2, 0.25) is 0 Å². The summed E-state index contributed by atoms with van der Waals surface area (Å²) in [5.74, 6) is 0. The molecule has 3 heterocycles. The molecule has 3 rings (SSSR count). The first-order valence-corrected chi connectivity index (χ1v) is 8.45. The lowest BCUT2D eigenvalue weighted by atomic mass is 10.3. The number of nitrogens with zero attached hydrogens (tertiary/aromatic N) is 5. The summed E-state index contributed by atoms with van der Waals surface area (Å²) >= 11 is 0. The summed E-state index contributed by atoms with van der Waals surface area (Å²) in [6, 6.07) is 2.14. The molecule has 1 aliphatic rings. The third-order valence-electron chi connectivity index (χ3n) is 3.80. The molecular weight excluding hydrogens is 290 g/mol. The van der Waals surface area contributed by atoms with Crippen molar-refractivity contribution in [3.63, 3.8) is 0 Å². The second-order valence-corrected chi connectivity index (χ2v) is 7.43. The van der Waals surface area contributed by atoms with E-state index in [-0.39, 0.29) is 17.1 Å². The highest BCUT2D eigenvalue weighted by Gasteiger charge is 2.34. The van der Waals surface area contributed by atoms with Crippen LogP contribution in [0.15, 0.2) is 36.0 Å².